The SMILES string of the molecule is CC(C)(C)OC(=O)NC(CSCc1cccc(C(=O)N(C(=O)NN=Cc2ccc(Cl)c(C(F)(F)F)c2)c2ccc(N3CCCCC3)cc2)c1)C(=O)O. The number of rotatable bonds is 11. The molecule has 3 N–H and O–H groups in total. The number of alkyl carbamates (subject to hydrolysis) is 1. The number of carboxylic acids is 1. The molecule has 0 aromatic heterocycles. The van der Waals surface area contributed by atoms with E-state index in [0.29, 0.717) is 5.56 Å². The number of hydrazone groups is 1. The standard InChI is InChI=1S/C36H39ClF3N5O6S/c1-35(2,3)51-34(50)42-30(32(47)48)22-52-21-24-8-7-9-25(18-24)31(46)45(27-13-11-26(12-14-27)44-16-5-4-6-17-44)33(49)43-41-20-23-10-15-29(37)28(19-23)36(38,39)40/h7-15,18-20,30H,4-6,16-17,21-22H2,1-3H3,(H,42,50)(H,43,49)(H,47,48). The molecule has 0 saturated carbocycles. The zero-order chi connectivity index (χ0) is 38.1. The highest BCUT2D eigenvalue weighted by atomic mass is 35.5. The van der Waals surface area contributed by atoms with Gasteiger partial charge in [-0.2, -0.15) is 30.0 Å². The number of benzene rings is 3. The molecule has 0 spiro atoms. The maximum Gasteiger partial charge on any atom is 0.417 e. The smallest absolute Gasteiger partial charge is 0.417 e. The molecule has 16 heteroatoms. The van der Waals surface area contributed by atoms with Crippen molar-refractivity contribution >= 4 is 65.0 Å². The molecule has 1 unspecified atom stereocenters. The summed E-state index contributed by atoms with van der Waals surface area (Å²) >= 11 is 6.91. The van der Waals surface area contributed by atoms with Gasteiger partial charge in [-0.3, -0.25) is 4.79 Å². The average molecular weight is 762 g/mol. The van der Waals surface area contributed by atoms with E-state index in [-0.39, 0.29) is 28.3 Å². The molecule has 0 aliphatic carbocycles. The molecular weight excluding hydrogens is 723 g/mol. The van der Waals surface area contributed by atoms with Crippen LogP contribution in [0, 0.1) is 0 Å². The summed E-state index contributed by atoms with van der Waals surface area (Å²) in [7, 11) is 0. The summed E-state index contributed by atoms with van der Waals surface area (Å²) in [5, 5.41) is 15.3. The van der Waals surface area contributed by atoms with Crippen molar-refractivity contribution in [3.63, 3.8) is 0 Å². The zero-order valence-electron chi connectivity index (χ0n) is 28.7. The van der Waals surface area contributed by atoms with Crippen molar-refractivity contribution in [1.82, 2.24) is 10.7 Å². The molecule has 1 atom stereocenters. The van der Waals surface area contributed by atoms with Crippen LogP contribution in [0.2, 0.25) is 5.02 Å². The van der Waals surface area contributed by atoms with Gasteiger partial charge in [0, 0.05) is 35.8 Å². The molecule has 52 heavy (non-hydrogen) atoms. The predicted octanol–water partition coefficient (Wildman–Crippen LogP) is 7.95. The third-order valence-corrected chi connectivity index (χ3v) is 9.06. The van der Waals surface area contributed by atoms with Gasteiger partial charge < -0.3 is 20.1 Å². The number of ether oxygens (including phenoxy) is 1. The molecule has 3 aromatic carbocycles. The summed E-state index contributed by atoms with van der Waals surface area (Å²) in [5.74, 6) is -1.69. The number of carbonyl (C=O) groups excluding carboxylic acids is 3. The van der Waals surface area contributed by atoms with Crippen LogP contribution in [0.5, 0.6) is 0 Å². The van der Waals surface area contributed by atoms with Gasteiger partial charge >= 0.3 is 24.3 Å². The van der Waals surface area contributed by atoms with E-state index in [1.165, 1.54) is 23.9 Å². The van der Waals surface area contributed by atoms with E-state index < -0.39 is 52.4 Å². The summed E-state index contributed by atoms with van der Waals surface area (Å²) in [6.45, 7) is 6.74. The monoisotopic (exact) mass is 761 g/mol. The molecule has 11 nitrogen and oxygen atoms in total. The van der Waals surface area contributed by atoms with Crippen molar-refractivity contribution in [2.24, 2.45) is 5.10 Å². The molecule has 1 fully saturated rings. The molecule has 1 saturated heterocycles. The maximum absolute atomic E-state index is 14.0. The van der Waals surface area contributed by atoms with E-state index in [4.69, 9.17) is 16.3 Å². The highest BCUT2D eigenvalue weighted by molar-refractivity contribution is 7.98. The number of aliphatic carboxylic acids is 1. The quantitative estimate of drug-likeness (QED) is 0.132. The molecule has 0 radical (unpaired) electrons. The molecule has 4 amide bonds. The van der Waals surface area contributed by atoms with Crippen molar-refractivity contribution < 1.29 is 42.2 Å². The van der Waals surface area contributed by atoms with Crippen LogP contribution < -0.4 is 20.5 Å². The number of nitrogens with one attached hydrogen (secondary N) is 2. The first-order chi connectivity index (χ1) is 24.5. The van der Waals surface area contributed by atoms with E-state index in [0.717, 1.165) is 61.3 Å². The summed E-state index contributed by atoms with van der Waals surface area (Å²) in [5.41, 5.74) is 2.30. The van der Waals surface area contributed by atoms with Gasteiger partial charge in [0.25, 0.3) is 5.91 Å². The first-order valence-corrected chi connectivity index (χ1v) is 17.8. The normalized spacial score (nSPS) is 14.1. The number of thioether (sulfide) groups is 1. The lowest BCUT2D eigenvalue weighted by Gasteiger charge is -2.29. The Kier molecular flexibility index (Phi) is 13.6. The second-order valence-corrected chi connectivity index (χ2v) is 14.3. The Labute approximate surface area is 308 Å². The summed E-state index contributed by atoms with van der Waals surface area (Å²) in [4.78, 5) is 54.5. The van der Waals surface area contributed by atoms with E-state index in [1.54, 1.807) is 63.2 Å². The van der Waals surface area contributed by atoms with Crippen LogP contribution in [-0.2, 0) is 21.5 Å². The van der Waals surface area contributed by atoms with Crippen molar-refractivity contribution in [3.8, 4) is 0 Å². The Balaban J connectivity index is 1.52. The van der Waals surface area contributed by atoms with Crippen molar-refractivity contribution in [3.05, 3.63) is 94.0 Å². The first-order valence-electron chi connectivity index (χ1n) is 16.3. The second kappa shape index (κ2) is 17.6. The molecule has 3 aromatic rings. The molecular formula is C36H39ClF3N5O6S. The minimum Gasteiger partial charge on any atom is -0.480 e. The number of hydrogen-bond donors (Lipinski definition) is 3. The van der Waals surface area contributed by atoms with Crippen molar-refractivity contribution in [1.29, 1.82) is 0 Å². The number of imide groups is 1. The number of piperidine rings is 1. The van der Waals surface area contributed by atoms with E-state index in [9.17, 15) is 37.5 Å². The Bertz CT molecular complexity index is 1780. The Morgan fingerprint density at radius 3 is 2.35 bits per heavy atom. The van der Waals surface area contributed by atoms with Crippen LogP contribution >= 0.6 is 23.4 Å². The second-order valence-electron chi connectivity index (χ2n) is 12.9. The van der Waals surface area contributed by atoms with Gasteiger partial charge in [-0.1, -0.05) is 29.8 Å². The molecule has 4 rings (SSSR count). The molecule has 278 valence electrons. The number of halogens is 4. The minimum atomic E-state index is -4.70. The molecule has 1 heterocycles. The van der Waals surface area contributed by atoms with Crippen LogP contribution in [0.25, 0.3) is 0 Å². The lowest BCUT2D eigenvalue weighted by atomic mass is 10.1. The van der Waals surface area contributed by atoms with Crippen molar-refractivity contribution in [2.75, 3.05) is 28.6 Å². The van der Waals surface area contributed by atoms with Gasteiger partial charge in [0.15, 0.2) is 0 Å². The Morgan fingerprint density at radius 2 is 1.71 bits per heavy atom. The van der Waals surface area contributed by atoms with E-state index in [1.807, 2.05) is 0 Å². The number of nitrogens with zero attached hydrogens (tertiary/aromatic N) is 3. The Hall–Kier alpha value is -4.76. The van der Waals surface area contributed by atoms with Crippen molar-refractivity contribution in [2.45, 2.75) is 63.6 Å². The third-order valence-electron chi connectivity index (χ3n) is 7.62. The predicted molar refractivity (Wildman–Crippen MR) is 195 cm³/mol. The van der Waals surface area contributed by atoms with E-state index in [2.05, 4.69) is 20.7 Å². The highest BCUT2D eigenvalue weighted by Gasteiger charge is 2.33. The topological polar surface area (TPSA) is 141 Å². The number of amides is 4. The number of alkyl halides is 3. The van der Waals surface area contributed by atoms with Crippen LogP contribution in [0.3, 0.4) is 0 Å². The number of carboxylic acid groups (broad SMARTS) is 1. The highest BCUT2D eigenvalue weighted by Crippen LogP contribution is 2.35. The average Bonchev–Trinajstić information content (AvgIpc) is 3.08. The maximum atomic E-state index is 14.0. The number of carbonyl (C=O) groups is 4. The summed E-state index contributed by atoms with van der Waals surface area (Å²) in [6.07, 6.45) is -1.31. The van der Waals surface area contributed by atoms with Gasteiger partial charge in [0.05, 0.1) is 22.5 Å². The lowest BCUT2D eigenvalue weighted by Crippen LogP contribution is -2.44. The minimum absolute atomic E-state index is 0.000729. The molecule has 1 aliphatic heterocycles. The fourth-order valence-electron chi connectivity index (χ4n) is 5.19. The number of hydrogen-bond acceptors (Lipinski definition) is 8. The lowest BCUT2D eigenvalue weighted by molar-refractivity contribution is -0.139. The van der Waals surface area contributed by atoms with Gasteiger partial charge in [-0.25, -0.2) is 24.7 Å². The van der Waals surface area contributed by atoms with Crippen LogP contribution in [-0.4, -0.2) is 65.8 Å². The summed E-state index contributed by atoms with van der Waals surface area (Å²) in [6, 6.07) is 14.2. The fourth-order valence-corrected chi connectivity index (χ4v) is 6.41. The van der Waals surface area contributed by atoms with Gasteiger partial charge in [-0.05, 0) is 99.7 Å². The van der Waals surface area contributed by atoms with Gasteiger partial charge in [0.1, 0.15) is 11.6 Å². The Morgan fingerprint density at radius 1 is 1.02 bits per heavy atom. The molecule has 0 bridgehead atoms. The third kappa shape index (κ3) is 11.6. The van der Waals surface area contributed by atoms with Crippen LogP contribution in [0.15, 0.2) is 71.8 Å². The largest absolute Gasteiger partial charge is 0.480 e. The summed E-state index contributed by atoms with van der Waals surface area (Å²) < 4.78 is 45.2. The van der Waals surface area contributed by atoms with E-state index >= 15 is 0 Å². The number of anilines is 2. The van der Waals surface area contributed by atoms with Crippen LogP contribution in [0.4, 0.5) is 34.1 Å². The van der Waals surface area contributed by atoms with Gasteiger partial charge in [-0.15, -0.1) is 0 Å². The zero-order valence-corrected chi connectivity index (χ0v) is 30.3. The molecule has 1 aliphatic rings. The fraction of sp³-hybridized carbons (Fsp3) is 0.361. The number of urea groups is 1. The van der Waals surface area contributed by atoms with Gasteiger partial charge in [0.2, 0.25) is 0 Å². The van der Waals surface area contributed by atoms with Crippen LogP contribution in [0.1, 0.15) is 67.1 Å². The first kappa shape index (κ1) is 40.0.